The number of nitrogen functional groups attached to an aromatic ring is 1. The van der Waals surface area contributed by atoms with Gasteiger partial charge in [0.1, 0.15) is 30.7 Å². The number of esters is 2. The number of nitrogens with zero attached hydrogens (tertiary/aromatic N) is 2. The maximum absolute atomic E-state index is 12.8. The van der Waals surface area contributed by atoms with Crippen LogP contribution in [0.15, 0.2) is 17.1 Å². The van der Waals surface area contributed by atoms with Crippen LogP contribution in [0.1, 0.15) is 174 Å². The van der Waals surface area contributed by atoms with Gasteiger partial charge in [-0.15, -0.1) is 0 Å². The van der Waals surface area contributed by atoms with Gasteiger partial charge in [0.15, 0.2) is 12.3 Å². The Morgan fingerprint density at radius 1 is 0.733 bits per heavy atom. The highest BCUT2D eigenvalue weighted by Gasteiger charge is 2.46. The number of carbonyl (C=O) groups is 2. The maximum Gasteiger partial charge on any atom is 0.481 e. The van der Waals surface area contributed by atoms with E-state index in [-0.39, 0.29) is 18.7 Å². The number of hydrogen-bond donors (Lipinski definition) is 5. The van der Waals surface area contributed by atoms with Gasteiger partial charge in [-0.2, -0.15) is 9.29 Å². The van der Waals surface area contributed by atoms with Crippen molar-refractivity contribution in [1.29, 1.82) is 0 Å². The molecule has 0 aliphatic carbocycles. The van der Waals surface area contributed by atoms with Crippen molar-refractivity contribution in [2.24, 2.45) is 0 Å². The second-order valence-corrected chi connectivity index (χ2v) is 18.6. The normalized spacial score (nSPS) is 20.4. The highest BCUT2D eigenvalue weighted by Crippen LogP contribution is 2.60. The minimum Gasteiger partial charge on any atom is -0.462 e. The number of aliphatic hydroxyl groups is 2. The quantitative estimate of drug-likeness (QED) is 0.0247. The molecule has 1 saturated heterocycles. The van der Waals surface area contributed by atoms with E-state index >= 15 is 0 Å². The van der Waals surface area contributed by atoms with E-state index in [1.165, 1.54) is 83.1 Å². The number of hydrogen-bond acceptors (Lipinski definition) is 15. The van der Waals surface area contributed by atoms with E-state index < -0.39 is 83.7 Å². The van der Waals surface area contributed by atoms with Gasteiger partial charge in [-0.1, -0.05) is 142 Å². The van der Waals surface area contributed by atoms with Crippen molar-refractivity contribution >= 4 is 33.4 Å². The van der Waals surface area contributed by atoms with Crippen molar-refractivity contribution in [2.75, 3.05) is 25.6 Å². The van der Waals surface area contributed by atoms with E-state index in [1.807, 2.05) is 0 Å². The van der Waals surface area contributed by atoms with Crippen molar-refractivity contribution in [3.63, 3.8) is 0 Å². The fourth-order valence-corrected chi connectivity index (χ4v) is 8.84. The van der Waals surface area contributed by atoms with Gasteiger partial charge >= 0.3 is 33.3 Å². The first-order chi connectivity index (χ1) is 28.7. The van der Waals surface area contributed by atoms with Crippen LogP contribution < -0.4 is 11.4 Å². The van der Waals surface area contributed by atoms with Gasteiger partial charge in [0.25, 0.3) is 0 Å². The van der Waals surface area contributed by atoms with Crippen LogP contribution in [0.25, 0.3) is 0 Å². The molecule has 0 amide bonds. The molecule has 20 heteroatoms. The lowest BCUT2D eigenvalue weighted by Gasteiger charge is -2.21. The van der Waals surface area contributed by atoms with Gasteiger partial charge in [0.05, 0.1) is 13.2 Å². The average molecular weight is 898 g/mol. The number of aliphatic hydroxyl groups excluding tert-OH is 2. The predicted octanol–water partition coefficient (Wildman–Crippen LogP) is 7.55. The van der Waals surface area contributed by atoms with Crippen LogP contribution in [0, 0.1) is 0 Å². The number of phosphoric ester groups is 2. The molecule has 1 fully saturated rings. The number of carbonyl (C=O) groups excluding carboxylic acids is 2. The van der Waals surface area contributed by atoms with Gasteiger partial charge < -0.3 is 39.9 Å². The van der Waals surface area contributed by atoms with Crippen molar-refractivity contribution in [2.45, 2.75) is 199 Å². The summed E-state index contributed by atoms with van der Waals surface area (Å²) in [4.78, 5) is 61.5. The fraction of sp³-hybridized carbons (Fsp3) is 0.850. The average Bonchev–Trinajstić information content (AvgIpc) is 3.47. The van der Waals surface area contributed by atoms with Crippen molar-refractivity contribution in [1.82, 2.24) is 9.55 Å². The van der Waals surface area contributed by atoms with E-state index in [4.69, 9.17) is 29.0 Å². The predicted molar refractivity (Wildman–Crippen MR) is 224 cm³/mol. The molecule has 2 rings (SSSR count). The number of aromatic nitrogens is 2. The molecule has 2 heterocycles. The van der Waals surface area contributed by atoms with Gasteiger partial charge in [0.2, 0.25) is 0 Å². The van der Waals surface area contributed by atoms with Crippen LogP contribution in [0.4, 0.5) is 5.82 Å². The number of phosphoric acid groups is 2. The first-order valence-corrected chi connectivity index (χ1v) is 25.0. The Morgan fingerprint density at radius 3 is 1.70 bits per heavy atom. The molecule has 18 nitrogen and oxygen atoms in total. The molecule has 6 N–H and O–H groups in total. The van der Waals surface area contributed by atoms with E-state index in [9.17, 15) is 43.5 Å². The zero-order valence-corrected chi connectivity index (χ0v) is 37.6. The molecule has 0 bridgehead atoms. The summed E-state index contributed by atoms with van der Waals surface area (Å²) in [5.74, 6) is -1.29. The third kappa shape index (κ3) is 23.8. The molecule has 2 unspecified atom stereocenters. The maximum atomic E-state index is 12.8. The molecule has 0 aromatic carbocycles. The number of unbranched alkanes of at least 4 members (excludes halogenated alkanes) is 20. The van der Waals surface area contributed by atoms with E-state index in [0.717, 1.165) is 62.1 Å². The third-order valence-corrected chi connectivity index (χ3v) is 12.8. The fourth-order valence-electron chi connectivity index (χ4n) is 6.72. The van der Waals surface area contributed by atoms with Crippen LogP contribution in [0.2, 0.25) is 0 Å². The van der Waals surface area contributed by atoms with Crippen molar-refractivity contribution in [3.8, 4) is 0 Å². The lowest BCUT2D eigenvalue weighted by molar-refractivity contribution is -0.161. The van der Waals surface area contributed by atoms with Gasteiger partial charge in [-0.3, -0.25) is 23.2 Å². The first kappa shape index (κ1) is 53.9. The Kier molecular flexibility index (Phi) is 27.6. The summed E-state index contributed by atoms with van der Waals surface area (Å²) in [5.41, 5.74) is 4.57. The zero-order chi connectivity index (χ0) is 44.2. The van der Waals surface area contributed by atoms with E-state index in [2.05, 4.69) is 23.1 Å². The number of nitrogens with two attached hydrogens (primary N) is 1. The summed E-state index contributed by atoms with van der Waals surface area (Å²) in [7, 11) is -10.8. The zero-order valence-electron chi connectivity index (χ0n) is 35.8. The highest BCUT2D eigenvalue weighted by atomic mass is 31.3. The standard InChI is InChI=1S/C40H73N3O15P2/c1-3-5-7-9-11-13-15-17-19-21-23-25-35(44)53-29-32(56-36(45)26-24-22-20-18-16-14-12-10-8-6-4-2)30-54-59(49,50)58-60(51,52)55-31-33-37(46)38(47)39(57-33)43-28-27-34(41)42-40(43)48/h27-28,32-33,37-39,46-47H,3-26,29-31H2,1-2H3,(H,49,50)(H,51,52)(H2,41,42,48)/t32-,33+,37-,38+,39+/m1/s1. The summed E-state index contributed by atoms with van der Waals surface area (Å²) in [6, 6.07) is 1.25. The highest BCUT2D eigenvalue weighted by molar-refractivity contribution is 7.61. The van der Waals surface area contributed by atoms with Gasteiger partial charge in [0, 0.05) is 19.0 Å². The molecule has 1 aromatic heterocycles. The summed E-state index contributed by atoms with van der Waals surface area (Å²) in [6.07, 6.45) is 17.8. The second kappa shape index (κ2) is 30.7. The Bertz CT molecular complexity index is 1500. The molecule has 1 aromatic rings. The van der Waals surface area contributed by atoms with Crippen LogP contribution in [0.5, 0.6) is 0 Å². The molecule has 7 atom stereocenters. The van der Waals surface area contributed by atoms with Gasteiger partial charge in [-0.05, 0) is 18.9 Å². The molecular formula is C40H73N3O15P2. The summed E-state index contributed by atoms with van der Waals surface area (Å²) >= 11 is 0. The second-order valence-electron chi connectivity index (χ2n) is 15.6. The van der Waals surface area contributed by atoms with Crippen molar-refractivity contribution in [3.05, 3.63) is 22.7 Å². The summed E-state index contributed by atoms with van der Waals surface area (Å²) in [6.45, 7) is 2.12. The van der Waals surface area contributed by atoms with E-state index in [0.29, 0.717) is 12.8 Å². The summed E-state index contributed by atoms with van der Waals surface area (Å²) in [5, 5.41) is 20.8. The topological polar surface area (TPSA) is 265 Å². The minimum absolute atomic E-state index is 0.0568. The smallest absolute Gasteiger partial charge is 0.462 e. The summed E-state index contributed by atoms with van der Waals surface area (Å²) < 4.78 is 56.5. The number of ether oxygens (including phenoxy) is 3. The molecule has 1 aliphatic heterocycles. The SMILES string of the molecule is CCCCCCCCCCCCCC(=O)OC[C@H](COP(=O)(O)OP(=O)(O)OC[C@@H]1O[C@H](n2ccc(N)nc2=O)[C@@H](O)[C@@H]1O)OC(=O)CCCCCCCCCCCCC. The lowest BCUT2D eigenvalue weighted by atomic mass is 10.1. The first-order valence-electron chi connectivity index (χ1n) is 22.0. The Hall–Kier alpha value is -2.24. The van der Waals surface area contributed by atoms with E-state index in [1.54, 1.807) is 0 Å². The monoisotopic (exact) mass is 897 g/mol. The minimum atomic E-state index is -5.41. The Balaban J connectivity index is 1.85. The van der Waals surface area contributed by atoms with Crippen LogP contribution in [0.3, 0.4) is 0 Å². The van der Waals surface area contributed by atoms with Crippen molar-refractivity contribution < 1.29 is 66.3 Å². The van der Waals surface area contributed by atoms with Crippen LogP contribution in [-0.2, 0) is 46.3 Å². The Labute approximate surface area is 355 Å². The molecule has 0 radical (unpaired) electrons. The third-order valence-electron chi connectivity index (χ3n) is 10.2. The molecule has 0 saturated carbocycles. The molecule has 60 heavy (non-hydrogen) atoms. The number of anilines is 1. The van der Waals surface area contributed by atoms with Crippen LogP contribution in [-0.4, -0.2) is 85.7 Å². The van der Waals surface area contributed by atoms with Gasteiger partial charge in [-0.25, -0.2) is 13.9 Å². The molecule has 348 valence electrons. The molecule has 0 spiro atoms. The molecular weight excluding hydrogens is 824 g/mol. The Morgan fingerprint density at radius 2 is 1.20 bits per heavy atom. The largest absolute Gasteiger partial charge is 0.481 e. The number of rotatable bonds is 36. The molecule has 1 aliphatic rings. The van der Waals surface area contributed by atoms with Crippen LogP contribution >= 0.6 is 15.6 Å². The lowest BCUT2D eigenvalue weighted by Crippen LogP contribution is -2.36.